The zero-order valence-corrected chi connectivity index (χ0v) is 14.1. The molecule has 3 rings (SSSR count). The van der Waals surface area contributed by atoms with Crippen LogP contribution in [0, 0.1) is 6.92 Å². The largest absolute Gasteiger partial charge is 0.480 e. The Kier molecular flexibility index (Phi) is 4.81. The number of anilines is 1. The lowest BCUT2D eigenvalue weighted by molar-refractivity contribution is 0.102. The van der Waals surface area contributed by atoms with E-state index in [1.54, 1.807) is 12.1 Å². The Balaban J connectivity index is 1.71. The zero-order valence-electron chi connectivity index (χ0n) is 13.3. The van der Waals surface area contributed by atoms with Crippen molar-refractivity contribution in [1.29, 1.82) is 0 Å². The standard InChI is InChI=1S/C17H16N4O2S/c1-11-14(10-12-6-4-3-5-7-12)18-17(24-11)19-16(22)13-8-9-15(23-2)21-20-13/h3-9H,10H2,1-2H3,(H,18,19,22). The van der Waals surface area contributed by atoms with E-state index >= 15 is 0 Å². The van der Waals surface area contributed by atoms with Crippen LogP contribution in [0.2, 0.25) is 0 Å². The van der Waals surface area contributed by atoms with E-state index in [0.717, 1.165) is 17.0 Å². The molecule has 24 heavy (non-hydrogen) atoms. The van der Waals surface area contributed by atoms with E-state index in [2.05, 4.69) is 32.6 Å². The molecule has 0 saturated heterocycles. The molecule has 6 nitrogen and oxygen atoms in total. The van der Waals surface area contributed by atoms with Crippen LogP contribution in [0.4, 0.5) is 5.13 Å². The van der Waals surface area contributed by atoms with Crippen LogP contribution in [0.15, 0.2) is 42.5 Å². The number of nitrogens with one attached hydrogen (secondary N) is 1. The number of thiazole rings is 1. The fourth-order valence-electron chi connectivity index (χ4n) is 2.15. The van der Waals surface area contributed by atoms with Crippen molar-refractivity contribution in [3.8, 4) is 5.88 Å². The number of rotatable bonds is 5. The Morgan fingerprint density at radius 3 is 2.62 bits per heavy atom. The molecule has 0 aliphatic carbocycles. The Bertz CT molecular complexity index is 832. The molecule has 1 amide bonds. The SMILES string of the molecule is COc1ccc(C(=O)Nc2nc(Cc3ccccc3)c(C)s2)nn1. The number of aryl methyl sites for hydroxylation is 1. The summed E-state index contributed by atoms with van der Waals surface area (Å²) < 4.78 is 4.93. The van der Waals surface area contributed by atoms with Crippen LogP contribution in [-0.2, 0) is 6.42 Å². The smallest absolute Gasteiger partial charge is 0.277 e. The highest BCUT2D eigenvalue weighted by atomic mass is 32.1. The molecule has 0 unspecified atom stereocenters. The summed E-state index contributed by atoms with van der Waals surface area (Å²) >= 11 is 1.45. The predicted octanol–water partition coefficient (Wildman–Crippen LogP) is 3.09. The zero-order chi connectivity index (χ0) is 16.9. The summed E-state index contributed by atoms with van der Waals surface area (Å²) in [6.45, 7) is 2.00. The van der Waals surface area contributed by atoms with Gasteiger partial charge in [0.25, 0.3) is 5.91 Å². The van der Waals surface area contributed by atoms with E-state index in [1.807, 2.05) is 25.1 Å². The van der Waals surface area contributed by atoms with Crippen LogP contribution in [-0.4, -0.2) is 28.2 Å². The van der Waals surface area contributed by atoms with Crippen molar-refractivity contribution in [1.82, 2.24) is 15.2 Å². The maximum Gasteiger partial charge on any atom is 0.277 e. The van der Waals surface area contributed by atoms with Crippen LogP contribution in [0.1, 0.15) is 26.6 Å². The number of amides is 1. The van der Waals surface area contributed by atoms with Gasteiger partial charge >= 0.3 is 0 Å². The van der Waals surface area contributed by atoms with Crippen molar-refractivity contribution in [2.24, 2.45) is 0 Å². The number of benzene rings is 1. The number of ether oxygens (including phenoxy) is 1. The first kappa shape index (κ1) is 16.1. The number of methoxy groups -OCH3 is 1. The molecular weight excluding hydrogens is 324 g/mol. The minimum absolute atomic E-state index is 0.216. The Hall–Kier alpha value is -2.80. The molecule has 2 heterocycles. The van der Waals surface area contributed by atoms with Gasteiger partial charge in [-0.05, 0) is 18.6 Å². The highest BCUT2D eigenvalue weighted by Crippen LogP contribution is 2.24. The molecule has 0 fully saturated rings. The van der Waals surface area contributed by atoms with Gasteiger partial charge in [-0.1, -0.05) is 30.3 Å². The molecule has 0 aliphatic rings. The van der Waals surface area contributed by atoms with Crippen molar-refractivity contribution < 1.29 is 9.53 Å². The average Bonchev–Trinajstić information content (AvgIpc) is 2.95. The van der Waals surface area contributed by atoms with E-state index < -0.39 is 0 Å². The summed E-state index contributed by atoms with van der Waals surface area (Å²) in [6, 6.07) is 13.3. The fraction of sp³-hybridized carbons (Fsp3) is 0.176. The van der Waals surface area contributed by atoms with Gasteiger partial charge in [0.15, 0.2) is 10.8 Å². The van der Waals surface area contributed by atoms with Gasteiger partial charge in [-0.25, -0.2) is 4.98 Å². The van der Waals surface area contributed by atoms with Gasteiger partial charge in [-0.15, -0.1) is 21.5 Å². The molecule has 0 radical (unpaired) electrons. The predicted molar refractivity (Wildman–Crippen MR) is 92.6 cm³/mol. The molecule has 0 bridgehead atoms. The first-order valence-corrected chi connectivity index (χ1v) is 8.16. The average molecular weight is 340 g/mol. The molecule has 0 spiro atoms. The summed E-state index contributed by atoms with van der Waals surface area (Å²) in [7, 11) is 1.50. The number of hydrogen-bond donors (Lipinski definition) is 1. The summed E-state index contributed by atoms with van der Waals surface area (Å²) in [5, 5.41) is 10.9. The minimum atomic E-state index is -0.342. The first-order valence-electron chi connectivity index (χ1n) is 7.35. The van der Waals surface area contributed by atoms with Gasteiger partial charge in [-0.2, -0.15) is 0 Å². The van der Waals surface area contributed by atoms with Crippen LogP contribution in [0.25, 0.3) is 0 Å². The Labute approximate surface area is 143 Å². The number of carbonyl (C=O) groups is 1. The molecule has 3 aromatic rings. The number of carbonyl (C=O) groups excluding carboxylic acids is 1. The third-order valence-corrected chi connectivity index (χ3v) is 4.34. The van der Waals surface area contributed by atoms with Crippen molar-refractivity contribution in [2.45, 2.75) is 13.3 Å². The molecule has 1 aromatic carbocycles. The fourth-order valence-corrected chi connectivity index (χ4v) is 2.97. The second kappa shape index (κ2) is 7.18. The van der Waals surface area contributed by atoms with E-state index in [9.17, 15) is 4.79 Å². The van der Waals surface area contributed by atoms with Gasteiger partial charge in [0, 0.05) is 17.4 Å². The lowest BCUT2D eigenvalue weighted by Gasteiger charge is -2.01. The van der Waals surface area contributed by atoms with Crippen LogP contribution < -0.4 is 10.1 Å². The van der Waals surface area contributed by atoms with Gasteiger partial charge in [0.1, 0.15) is 0 Å². The minimum Gasteiger partial charge on any atom is -0.480 e. The van der Waals surface area contributed by atoms with Gasteiger partial charge in [-0.3, -0.25) is 10.1 Å². The highest BCUT2D eigenvalue weighted by molar-refractivity contribution is 7.15. The molecular formula is C17H16N4O2S. The molecule has 7 heteroatoms. The summed E-state index contributed by atoms with van der Waals surface area (Å²) in [5.74, 6) is 0.0203. The second-order valence-electron chi connectivity index (χ2n) is 5.10. The second-order valence-corrected chi connectivity index (χ2v) is 6.30. The Morgan fingerprint density at radius 1 is 1.17 bits per heavy atom. The van der Waals surface area contributed by atoms with Crippen LogP contribution in [0.5, 0.6) is 5.88 Å². The van der Waals surface area contributed by atoms with Crippen LogP contribution >= 0.6 is 11.3 Å². The number of hydrogen-bond acceptors (Lipinski definition) is 6. The third-order valence-electron chi connectivity index (χ3n) is 3.41. The Morgan fingerprint density at radius 2 is 1.96 bits per heavy atom. The van der Waals surface area contributed by atoms with E-state index in [4.69, 9.17) is 4.74 Å². The maximum atomic E-state index is 12.2. The quantitative estimate of drug-likeness (QED) is 0.772. The number of nitrogens with zero attached hydrogens (tertiary/aromatic N) is 3. The first-order chi connectivity index (χ1) is 11.7. The van der Waals surface area contributed by atoms with Crippen molar-refractivity contribution in [2.75, 3.05) is 12.4 Å². The molecule has 2 aromatic heterocycles. The van der Waals surface area contributed by atoms with Gasteiger partial charge in [0.05, 0.1) is 12.8 Å². The van der Waals surface area contributed by atoms with E-state index in [-0.39, 0.29) is 11.6 Å². The molecule has 0 aliphatic heterocycles. The normalized spacial score (nSPS) is 10.4. The lowest BCUT2D eigenvalue weighted by atomic mass is 10.1. The molecule has 1 N–H and O–H groups in total. The van der Waals surface area contributed by atoms with E-state index in [1.165, 1.54) is 24.0 Å². The summed E-state index contributed by atoms with van der Waals surface area (Å²) in [5.41, 5.74) is 2.36. The van der Waals surface area contributed by atoms with Crippen molar-refractivity contribution in [3.05, 3.63) is 64.3 Å². The van der Waals surface area contributed by atoms with E-state index in [0.29, 0.717) is 11.0 Å². The highest BCUT2D eigenvalue weighted by Gasteiger charge is 2.13. The summed E-state index contributed by atoms with van der Waals surface area (Å²) in [6.07, 6.45) is 0.737. The van der Waals surface area contributed by atoms with Gasteiger partial charge < -0.3 is 4.74 Å². The number of aromatic nitrogens is 3. The molecule has 122 valence electrons. The van der Waals surface area contributed by atoms with Crippen LogP contribution in [0.3, 0.4) is 0 Å². The molecule has 0 saturated carbocycles. The molecule has 0 atom stereocenters. The monoisotopic (exact) mass is 340 g/mol. The topological polar surface area (TPSA) is 77.0 Å². The summed E-state index contributed by atoms with van der Waals surface area (Å²) in [4.78, 5) is 17.8. The van der Waals surface area contributed by atoms with Gasteiger partial charge in [0.2, 0.25) is 5.88 Å². The van der Waals surface area contributed by atoms with Crippen molar-refractivity contribution >= 4 is 22.4 Å². The lowest BCUT2D eigenvalue weighted by Crippen LogP contribution is -2.14. The third kappa shape index (κ3) is 3.75. The van der Waals surface area contributed by atoms with Crippen molar-refractivity contribution in [3.63, 3.8) is 0 Å². The maximum absolute atomic E-state index is 12.2.